The first-order valence-electron chi connectivity index (χ1n) is 6.19. The van der Waals surface area contributed by atoms with Gasteiger partial charge in [-0.1, -0.05) is 17.7 Å². The summed E-state index contributed by atoms with van der Waals surface area (Å²) in [6, 6.07) is 9.67. The summed E-state index contributed by atoms with van der Waals surface area (Å²) in [5.41, 5.74) is 1.53. The van der Waals surface area contributed by atoms with Crippen molar-refractivity contribution in [3.63, 3.8) is 0 Å². The van der Waals surface area contributed by atoms with Gasteiger partial charge < -0.3 is 14.8 Å². The molecular weight excluding hydrogens is 258 g/mol. The Bertz CT molecular complexity index is 587. The van der Waals surface area contributed by atoms with Crippen molar-refractivity contribution in [1.29, 1.82) is 0 Å². The fourth-order valence-corrected chi connectivity index (χ4v) is 1.83. The molecule has 1 unspecified atom stereocenters. The van der Waals surface area contributed by atoms with Gasteiger partial charge in [0.15, 0.2) is 0 Å². The van der Waals surface area contributed by atoms with E-state index in [2.05, 4.69) is 5.32 Å². The summed E-state index contributed by atoms with van der Waals surface area (Å²) >= 11 is 0. The molecule has 104 valence electrons. The highest BCUT2D eigenvalue weighted by Gasteiger charge is 2.21. The number of benzene rings is 1. The molecule has 1 heterocycles. The average Bonchev–Trinajstić information content (AvgIpc) is 2.92. The van der Waals surface area contributed by atoms with Crippen molar-refractivity contribution in [2.45, 2.75) is 19.4 Å². The van der Waals surface area contributed by atoms with Gasteiger partial charge in [-0.05, 0) is 31.2 Å². The Kier molecular flexibility index (Phi) is 4.20. The first kappa shape index (κ1) is 13.9. The van der Waals surface area contributed by atoms with Crippen molar-refractivity contribution in [1.82, 2.24) is 5.32 Å². The number of carboxylic acid groups (broad SMARTS) is 1. The molecule has 5 nitrogen and oxygen atoms in total. The van der Waals surface area contributed by atoms with Gasteiger partial charge in [-0.2, -0.15) is 0 Å². The van der Waals surface area contributed by atoms with Crippen LogP contribution in [0.3, 0.4) is 0 Å². The summed E-state index contributed by atoms with van der Waals surface area (Å²) in [6.45, 7) is 1.93. The van der Waals surface area contributed by atoms with Gasteiger partial charge in [-0.25, -0.2) is 0 Å². The number of nitrogens with one attached hydrogen (secondary N) is 1. The van der Waals surface area contributed by atoms with Crippen LogP contribution in [0.15, 0.2) is 47.1 Å². The topological polar surface area (TPSA) is 79.5 Å². The van der Waals surface area contributed by atoms with Crippen LogP contribution in [-0.2, 0) is 4.79 Å². The van der Waals surface area contributed by atoms with Gasteiger partial charge in [0, 0.05) is 5.56 Å². The van der Waals surface area contributed by atoms with Crippen LogP contribution in [0.25, 0.3) is 0 Å². The van der Waals surface area contributed by atoms with Gasteiger partial charge in [0.1, 0.15) is 5.76 Å². The number of carbonyl (C=O) groups is 2. The third-order valence-corrected chi connectivity index (χ3v) is 2.88. The number of carboxylic acids is 1. The maximum atomic E-state index is 12.1. The molecule has 1 amide bonds. The number of hydrogen-bond acceptors (Lipinski definition) is 3. The van der Waals surface area contributed by atoms with E-state index in [9.17, 15) is 9.59 Å². The van der Waals surface area contributed by atoms with Gasteiger partial charge in [0.05, 0.1) is 18.7 Å². The Morgan fingerprint density at radius 1 is 1.25 bits per heavy atom. The molecule has 0 aliphatic heterocycles. The molecule has 2 rings (SSSR count). The number of rotatable bonds is 5. The SMILES string of the molecule is Cc1ccc(C(=O)NC(CC(=O)O)c2ccco2)cc1. The van der Waals surface area contributed by atoms with Crippen molar-refractivity contribution in [2.24, 2.45) is 0 Å². The smallest absolute Gasteiger partial charge is 0.305 e. The summed E-state index contributed by atoms with van der Waals surface area (Å²) in [4.78, 5) is 23.0. The normalized spacial score (nSPS) is 11.8. The van der Waals surface area contributed by atoms with E-state index < -0.39 is 12.0 Å². The molecule has 0 radical (unpaired) electrons. The number of aliphatic carboxylic acids is 1. The summed E-state index contributed by atoms with van der Waals surface area (Å²) in [5, 5.41) is 11.6. The van der Waals surface area contributed by atoms with Crippen molar-refractivity contribution < 1.29 is 19.1 Å². The van der Waals surface area contributed by atoms with Crippen LogP contribution in [-0.4, -0.2) is 17.0 Å². The number of furan rings is 1. The molecule has 5 heteroatoms. The van der Waals surface area contributed by atoms with Crippen LogP contribution < -0.4 is 5.32 Å². The molecule has 2 aromatic rings. The predicted octanol–water partition coefficient (Wildman–Crippen LogP) is 2.53. The molecule has 0 bridgehead atoms. The van der Waals surface area contributed by atoms with Crippen molar-refractivity contribution in [3.8, 4) is 0 Å². The van der Waals surface area contributed by atoms with Crippen LogP contribution in [0.2, 0.25) is 0 Å². The number of aryl methyl sites for hydroxylation is 1. The summed E-state index contributed by atoms with van der Waals surface area (Å²) in [7, 11) is 0. The Morgan fingerprint density at radius 2 is 1.95 bits per heavy atom. The zero-order valence-corrected chi connectivity index (χ0v) is 11.0. The minimum absolute atomic E-state index is 0.231. The maximum Gasteiger partial charge on any atom is 0.305 e. The molecule has 0 saturated carbocycles. The second-order valence-corrected chi connectivity index (χ2v) is 4.51. The molecule has 1 atom stereocenters. The fraction of sp³-hybridized carbons (Fsp3) is 0.200. The molecule has 0 aliphatic rings. The van der Waals surface area contributed by atoms with E-state index in [-0.39, 0.29) is 12.3 Å². The minimum Gasteiger partial charge on any atom is -0.481 e. The quantitative estimate of drug-likeness (QED) is 0.877. The molecule has 0 aliphatic carbocycles. The lowest BCUT2D eigenvalue weighted by atomic mass is 10.1. The number of amides is 1. The Morgan fingerprint density at radius 3 is 2.50 bits per heavy atom. The largest absolute Gasteiger partial charge is 0.481 e. The van der Waals surface area contributed by atoms with Gasteiger partial charge in [-0.15, -0.1) is 0 Å². The van der Waals surface area contributed by atoms with Crippen molar-refractivity contribution >= 4 is 11.9 Å². The van der Waals surface area contributed by atoms with Crippen molar-refractivity contribution in [2.75, 3.05) is 0 Å². The Balaban J connectivity index is 2.13. The second kappa shape index (κ2) is 6.06. The average molecular weight is 273 g/mol. The lowest BCUT2D eigenvalue weighted by molar-refractivity contribution is -0.137. The highest BCUT2D eigenvalue weighted by Crippen LogP contribution is 2.18. The maximum absolute atomic E-state index is 12.1. The van der Waals surface area contributed by atoms with Crippen LogP contribution in [0.1, 0.15) is 34.1 Å². The Labute approximate surface area is 116 Å². The lowest BCUT2D eigenvalue weighted by Crippen LogP contribution is -2.29. The van der Waals surface area contributed by atoms with E-state index in [1.165, 1.54) is 6.26 Å². The van der Waals surface area contributed by atoms with E-state index in [1.54, 1.807) is 24.3 Å². The van der Waals surface area contributed by atoms with E-state index in [0.29, 0.717) is 11.3 Å². The minimum atomic E-state index is -1.00. The lowest BCUT2D eigenvalue weighted by Gasteiger charge is -2.14. The predicted molar refractivity (Wildman–Crippen MR) is 72.3 cm³/mol. The second-order valence-electron chi connectivity index (χ2n) is 4.51. The fourth-order valence-electron chi connectivity index (χ4n) is 1.83. The third kappa shape index (κ3) is 3.47. The van der Waals surface area contributed by atoms with Crippen LogP contribution in [0.4, 0.5) is 0 Å². The summed E-state index contributed by atoms with van der Waals surface area (Å²) in [6.07, 6.45) is 1.22. The molecule has 20 heavy (non-hydrogen) atoms. The monoisotopic (exact) mass is 273 g/mol. The summed E-state index contributed by atoms with van der Waals surface area (Å²) < 4.78 is 5.17. The van der Waals surface area contributed by atoms with E-state index in [1.807, 2.05) is 19.1 Å². The number of hydrogen-bond donors (Lipinski definition) is 2. The standard InChI is InChI=1S/C15H15NO4/c1-10-4-6-11(7-5-10)15(19)16-12(9-14(17)18)13-3-2-8-20-13/h2-8,12H,9H2,1H3,(H,16,19)(H,17,18). The molecule has 2 N–H and O–H groups in total. The molecular formula is C15H15NO4. The zero-order chi connectivity index (χ0) is 14.5. The van der Waals surface area contributed by atoms with Crippen LogP contribution in [0.5, 0.6) is 0 Å². The summed E-state index contributed by atoms with van der Waals surface area (Å²) in [5.74, 6) is -0.906. The zero-order valence-electron chi connectivity index (χ0n) is 11.0. The highest BCUT2D eigenvalue weighted by molar-refractivity contribution is 5.94. The third-order valence-electron chi connectivity index (χ3n) is 2.88. The first-order valence-corrected chi connectivity index (χ1v) is 6.19. The first-order chi connectivity index (χ1) is 9.56. The van der Waals surface area contributed by atoms with E-state index in [4.69, 9.17) is 9.52 Å². The van der Waals surface area contributed by atoms with Gasteiger partial charge in [0.25, 0.3) is 5.91 Å². The van der Waals surface area contributed by atoms with E-state index in [0.717, 1.165) is 5.56 Å². The van der Waals surface area contributed by atoms with Gasteiger partial charge in [-0.3, -0.25) is 9.59 Å². The van der Waals surface area contributed by atoms with Gasteiger partial charge in [0.2, 0.25) is 0 Å². The Hall–Kier alpha value is -2.56. The molecule has 1 aromatic carbocycles. The van der Waals surface area contributed by atoms with Crippen LogP contribution >= 0.6 is 0 Å². The molecule has 0 saturated heterocycles. The van der Waals surface area contributed by atoms with Crippen LogP contribution in [0, 0.1) is 6.92 Å². The van der Waals surface area contributed by atoms with E-state index >= 15 is 0 Å². The van der Waals surface area contributed by atoms with Gasteiger partial charge >= 0.3 is 5.97 Å². The van der Waals surface area contributed by atoms with Crippen molar-refractivity contribution in [3.05, 3.63) is 59.5 Å². The molecule has 0 fully saturated rings. The number of carbonyl (C=O) groups excluding carboxylic acids is 1. The highest BCUT2D eigenvalue weighted by atomic mass is 16.4. The molecule has 0 spiro atoms. The molecule has 1 aromatic heterocycles.